The fraction of sp³-hybridized carbons (Fsp3) is 0.727. The lowest BCUT2D eigenvalue weighted by atomic mass is 10.1. The van der Waals surface area contributed by atoms with Gasteiger partial charge in [-0.25, -0.2) is 4.79 Å². The standard InChI is InChI=1S/C11H16N2O5/c1-18-11(17)8-4-6(14)5-13(8)10(16)7-2-3-9(15)12-7/h6-8,14H,2-5H2,1H3,(H,12,15)/t6?,7-,8?/m0/s1. The molecule has 0 saturated carbocycles. The second-order valence-electron chi connectivity index (χ2n) is 4.58. The van der Waals surface area contributed by atoms with E-state index in [1.54, 1.807) is 0 Å². The van der Waals surface area contributed by atoms with Crippen LogP contribution in [0.25, 0.3) is 0 Å². The van der Waals surface area contributed by atoms with E-state index in [1.165, 1.54) is 12.0 Å². The molecule has 2 N–H and O–H groups in total. The predicted molar refractivity (Wildman–Crippen MR) is 59.3 cm³/mol. The van der Waals surface area contributed by atoms with Crippen molar-refractivity contribution in [3.05, 3.63) is 0 Å². The summed E-state index contributed by atoms with van der Waals surface area (Å²) in [6.07, 6.45) is 0.197. The van der Waals surface area contributed by atoms with Gasteiger partial charge in [0.25, 0.3) is 0 Å². The number of carbonyl (C=O) groups is 3. The SMILES string of the molecule is COC(=O)C1CC(O)CN1C(=O)[C@@H]1CCC(=O)N1. The van der Waals surface area contributed by atoms with Crippen LogP contribution in [0, 0.1) is 0 Å². The number of carbonyl (C=O) groups excluding carboxylic acids is 3. The smallest absolute Gasteiger partial charge is 0.328 e. The monoisotopic (exact) mass is 256 g/mol. The molecular formula is C11H16N2O5. The highest BCUT2D eigenvalue weighted by Gasteiger charge is 2.43. The maximum absolute atomic E-state index is 12.2. The topological polar surface area (TPSA) is 95.9 Å². The number of nitrogens with zero attached hydrogens (tertiary/aromatic N) is 1. The summed E-state index contributed by atoms with van der Waals surface area (Å²) in [6.45, 7) is 0.102. The molecule has 7 nitrogen and oxygen atoms in total. The van der Waals surface area contributed by atoms with Crippen LogP contribution < -0.4 is 5.32 Å². The van der Waals surface area contributed by atoms with Crippen molar-refractivity contribution in [1.29, 1.82) is 0 Å². The van der Waals surface area contributed by atoms with Crippen LogP contribution in [0.1, 0.15) is 19.3 Å². The lowest BCUT2D eigenvalue weighted by molar-refractivity contribution is -0.151. The molecule has 100 valence electrons. The Labute approximate surface area is 104 Å². The lowest BCUT2D eigenvalue weighted by Crippen LogP contribution is -2.49. The van der Waals surface area contributed by atoms with Gasteiger partial charge in [-0.2, -0.15) is 0 Å². The van der Waals surface area contributed by atoms with Crippen molar-refractivity contribution in [2.24, 2.45) is 0 Å². The van der Waals surface area contributed by atoms with Crippen molar-refractivity contribution in [2.45, 2.75) is 37.5 Å². The third kappa shape index (κ3) is 2.31. The first-order chi connectivity index (χ1) is 8.52. The van der Waals surface area contributed by atoms with Crippen molar-refractivity contribution >= 4 is 17.8 Å². The van der Waals surface area contributed by atoms with Gasteiger partial charge in [0.05, 0.1) is 13.2 Å². The van der Waals surface area contributed by atoms with Gasteiger partial charge in [-0.1, -0.05) is 0 Å². The zero-order valence-electron chi connectivity index (χ0n) is 10.1. The Bertz CT molecular complexity index is 384. The highest BCUT2D eigenvalue weighted by Crippen LogP contribution is 2.22. The number of likely N-dealkylation sites (tertiary alicyclic amines) is 1. The van der Waals surface area contributed by atoms with E-state index in [0.717, 1.165) is 0 Å². The zero-order valence-corrected chi connectivity index (χ0v) is 10.1. The van der Waals surface area contributed by atoms with E-state index in [0.29, 0.717) is 12.8 Å². The number of hydrogen-bond acceptors (Lipinski definition) is 5. The maximum Gasteiger partial charge on any atom is 0.328 e. The molecular weight excluding hydrogens is 240 g/mol. The van der Waals surface area contributed by atoms with E-state index in [9.17, 15) is 19.5 Å². The van der Waals surface area contributed by atoms with Gasteiger partial charge >= 0.3 is 5.97 Å². The summed E-state index contributed by atoms with van der Waals surface area (Å²) >= 11 is 0. The summed E-state index contributed by atoms with van der Waals surface area (Å²) in [5.41, 5.74) is 0. The molecule has 0 aromatic rings. The van der Waals surface area contributed by atoms with Crippen LogP contribution in [-0.2, 0) is 19.1 Å². The molecule has 2 heterocycles. The molecule has 2 rings (SSSR count). The van der Waals surface area contributed by atoms with Gasteiger partial charge in [-0.05, 0) is 6.42 Å². The number of ether oxygens (including phenoxy) is 1. The largest absolute Gasteiger partial charge is 0.467 e. The van der Waals surface area contributed by atoms with Crippen molar-refractivity contribution < 1.29 is 24.2 Å². The molecule has 2 saturated heterocycles. The predicted octanol–water partition coefficient (Wildman–Crippen LogP) is -1.60. The highest BCUT2D eigenvalue weighted by molar-refractivity contribution is 5.93. The van der Waals surface area contributed by atoms with Gasteiger partial charge in [0.2, 0.25) is 11.8 Å². The Morgan fingerprint density at radius 3 is 2.78 bits per heavy atom. The van der Waals surface area contributed by atoms with Crippen molar-refractivity contribution in [2.75, 3.05) is 13.7 Å². The van der Waals surface area contributed by atoms with Crippen LogP contribution in [-0.4, -0.2) is 59.6 Å². The first-order valence-corrected chi connectivity index (χ1v) is 5.88. The average molecular weight is 256 g/mol. The second kappa shape index (κ2) is 4.93. The average Bonchev–Trinajstić information content (AvgIpc) is 2.93. The Morgan fingerprint density at radius 2 is 2.22 bits per heavy atom. The molecule has 0 aromatic heterocycles. The van der Waals surface area contributed by atoms with Crippen LogP contribution in [0.4, 0.5) is 0 Å². The number of hydrogen-bond donors (Lipinski definition) is 2. The third-order valence-corrected chi connectivity index (χ3v) is 3.33. The Morgan fingerprint density at radius 1 is 1.50 bits per heavy atom. The van der Waals surface area contributed by atoms with Crippen molar-refractivity contribution in [3.8, 4) is 0 Å². The summed E-state index contributed by atoms with van der Waals surface area (Å²) in [4.78, 5) is 36.1. The third-order valence-electron chi connectivity index (χ3n) is 3.33. The van der Waals surface area contributed by atoms with E-state index >= 15 is 0 Å². The van der Waals surface area contributed by atoms with Crippen LogP contribution in [0.3, 0.4) is 0 Å². The number of rotatable bonds is 2. The molecule has 0 aliphatic carbocycles. The number of methoxy groups -OCH3 is 1. The number of nitrogens with one attached hydrogen (secondary N) is 1. The first kappa shape index (κ1) is 12.8. The maximum atomic E-state index is 12.2. The second-order valence-corrected chi connectivity index (χ2v) is 4.58. The molecule has 0 aromatic carbocycles. The zero-order chi connectivity index (χ0) is 13.3. The number of aliphatic hydroxyl groups excluding tert-OH is 1. The Balaban J connectivity index is 2.08. The number of β-amino-alcohol motifs (C(OH)–C–C–N with tert-alkyl or cyclic N) is 1. The summed E-state index contributed by atoms with van der Waals surface area (Å²) in [6, 6.07) is -1.34. The fourth-order valence-corrected chi connectivity index (χ4v) is 2.42. The van der Waals surface area contributed by atoms with Crippen LogP contribution in [0.15, 0.2) is 0 Å². The van der Waals surface area contributed by atoms with Gasteiger partial charge in [-0.15, -0.1) is 0 Å². The summed E-state index contributed by atoms with van der Waals surface area (Å²) in [5.74, 6) is -1.03. The molecule has 0 radical (unpaired) electrons. The summed E-state index contributed by atoms with van der Waals surface area (Å²) < 4.78 is 4.62. The van der Waals surface area contributed by atoms with Gasteiger partial charge in [0.1, 0.15) is 12.1 Å². The van der Waals surface area contributed by atoms with Gasteiger partial charge in [-0.3, -0.25) is 9.59 Å². The van der Waals surface area contributed by atoms with Crippen molar-refractivity contribution in [3.63, 3.8) is 0 Å². The molecule has 3 atom stereocenters. The summed E-state index contributed by atoms with van der Waals surface area (Å²) in [5, 5.41) is 12.1. The van der Waals surface area contributed by atoms with E-state index < -0.39 is 24.2 Å². The fourth-order valence-electron chi connectivity index (χ4n) is 2.42. The minimum atomic E-state index is -0.755. The van der Waals surface area contributed by atoms with E-state index in [-0.39, 0.29) is 24.8 Å². The molecule has 2 aliphatic heterocycles. The van der Waals surface area contributed by atoms with Gasteiger partial charge < -0.3 is 20.1 Å². The molecule has 0 bridgehead atoms. The molecule has 2 fully saturated rings. The minimum absolute atomic E-state index is 0.102. The molecule has 2 amide bonds. The molecule has 2 unspecified atom stereocenters. The number of amides is 2. The first-order valence-electron chi connectivity index (χ1n) is 5.88. The lowest BCUT2D eigenvalue weighted by Gasteiger charge is -2.25. The Kier molecular flexibility index (Phi) is 3.51. The van der Waals surface area contributed by atoms with Crippen LogP contribution in [0.2, 0.25) is 0 Å². The Hall–Kier alpha value is -1.63. The molecule has 0 spiro atoms. The number of esters is 1. The van der Waals surface area contributed by atoms with E-state index in [4.69, 9.17) is 0 Å². The molecule has 18 heavy (non-hydrogen) atoms. The minimum Gasteiger partial charge on any atom is -0.467 e. The number of aliphatic hydroxyl groups is 1. The molecule has 7 heteroatoms. The highest BCUT2D eigenvalue weighted by atomic mass is 16.5. The van der Waals surface area contributed by atoms with Crippen LogP contribution >= 0.6 is 0 Å². The normalized spacial score (nSPS) is 31.3. The van der Waals surface area contributed by atoms with Crippen LogP contribution in [0.5, 0.6) is 0 Å². The molecule has 2 aliphatic rings. The summed E-state index contributed by atoms with van der Waals surface area (Å²) in [7, 11) is 1.24. The van der Waals surface area contributed by atoms with E-state index in [2.05, 4.69) is 10.1 Å². The van der Waals surface area contributed by atoms with E-state index in [1.807, 2.05) is 0 Å². The van der Waals surface area contributed by atoms with Gasteiger partial charge in [0.15, 0.2) is 0 Å². The quantitative estimate of drug-likeness (QED) is 0.580. The van der Waals surface area contributed by atoms with Crippen molar-refractivity contribution in [1.82, 2.24) is 10.2 Å². The van der Waals surface area contributed by atoms with Gasteiger partial charge in [0, 0.05) is 19.4 Å².